The van der Waals surface area contributed by atoms with E-state index < -0.39 is 0 Å². The van der Waals surface area contributed by atoms with Crippen LogP contribution < -0.4 is 6.15 Å². The first-order valence-electron chi connectivity index (χ1n) is 11.5. The van der Waals surface area contributed by atoms with Gasteiger partial charge >= 0.3 is 0 Å². The van der Waals surface area contributed by atoms with Crippen molar-refractivity contribution in [3.8, 4) is 0 Å². The van der Waals surface area contributed by atoms with Crippen LogP contribution in [0.15, 0.2) is 0 Å². The summed E-state index contributed by atoms with van der Waals surface area (Å²) in [7, 11) is 0. The van der Waals surface area contributed by atoms with Gasteiger partial charge in [0.05, 0.1) is 0 Å². The number of hydrogen-bond donors (Lipinski definition) is 2. The largest absolute Gasteiger partial charge is 0.396 e. The van der Waals surface area contributed by atoms with Gasteiger partial charge in [0.25, 0.3) is 0 Å². The van der Waals surface area contributed by atoms with E-state index in [1.807, 2.05) is 0 Å². The fourth-order valence-electron chi connectivity index (χ4n) is 3.72. The summed E-state index contributed by atoms with van der Waals surface area (Å²) in [6.45, 7) is 4.92. The molecule has 2 nitrogen and oxygen atoms in total. The number of unbranched alkanes of at least 4 members (excludes halogenated alkanes) is 15. The van der Waals surface area contributed by atoms with Crippen LogP contribution >= 0.6 is 0 Å². The summed E-state index contributed by atoms with van der Waals surface area (Å²) in [5, 5.41) is 9.00. The van der Waals surface area contributed by atoms with E-state index in [1.54, 1.807) is 0 Å². The van der Waals surface area contributed by atoms with Gasteiger partial charge in [0.2, 0.25) is 0 Å². The summed E-state index contributed by atoms with van der Waals surface area (Å²) in [4.78, 5) is 0. The average molecular weight is 358 g/mol. The number of hydrogen-bond acceptors (Lipinski definition) is 2. The highest BCUT2D eigenvalue weighted by Crippen LogP contribution is 2.18. The quantitative estimate of drug-likeness (QED) is 0.216. The van der Waals surface area contributed by atoms with Gasteiger partial charge in [-0.2, -0.15) is 0 Å². The molecule has 0 spiro atoms. The van der Waals surface area contributed by atoms with Crippen molar-refractivity contribution in [2.75, 3.05) is 6.61 Å². The zero-order valence-electron chi connectivity index (χ0n) is 17.9. The SMILES string of the molecule is CCCCCCCCCCCCCCCCCCC(CC)CCO.N. The topological polar surface area (TPSA) is 55.2 Å². The minimum atomic E-state index is 0. The van der Waals surface area contributed by atoms with Crippen molar-refractivity contribution in [3.05, 3.63) is 0 Å². The summed E-state index contributed by atoms with van der Waals surface area (Å²) in [6, 6.07) is 0. The van der Waals surface area contributed by atoms with E-state index in [0.717, 1.165) is 12.3 Å². The fourth-order valence-corrected chi connectivity index (χ4v) is 3.72. The summed E-state index contributed by atoms with van der Waals surface area (Å²) >= 11 is 0. The third-order valence-electron chi connectivity index (χ3n) is 5.58. The van der Waals surface area contributed by atoms with Crippen LogP contribution in [0.1, 0.15) is 136 Å². The predicted octanol–water partition coefficient (Wildman–Crippen LogP) is 8.21. The molecule has 0 fully saturated rings. The van der Waals surface area contributed by atoms with E-state index >= 15 is 0 Å². The minimum Gasteiger partial charge on any atom is -0.396 e. The Morgan fingerprint density at radius 3 is 1.20 bits per heavy atom. The lowest BCUT2D eigenvalue weighted by Gasteiger charge is -2.12. The van der Waals surface area contributed by atoms with Crippen LogP contribution in [0.25, 0.3) is 0 Å². The second kappa shape index (κ2) is 23.9. The molecule has 0 rings (SSSR count). The highest BCUT2D eigenvalue weighted by molar-refractivity contribution is 4.57. The Kier molecular flexibility index (Phi) is 26.0. The molecule has 0 aromatic rings. The van der Waals surface area contributed by atoms with Gasteiger partial charge in [0.1, 0.15) is 0 Å². The zero-order valence-corrected chi connectivity index (χ0v) is 17.9. The third kappa shape index (κ3) is 21.9. The molecule has 0 aromatic heterocycles. The van der Waals surface area contributed by atoms with Gasteiger partial charge in [-0.05, 0) is 12.3 Å². The molecule has 4 N–H and O–H groups in total. The number of aliphatic hydroxyl groups excluding tert-OH is 1. The maximum absolute atomic E-state index is 9.00. The van der Waals surface area contributed by atoms with Crippen molar-refractivity contribution in [2.45, 2.75) is 136 Å². The van der Waals surface area contributed by atoms with Crippen molar-refractivity contribution in [1.82, 2.24) is 6.15 Å². The molecule has 0 radical (unpaired) electrons. The number of aliphatic hydroxyl groups is 1. The van der Waals surface area contributed by atoms with Gasteiger partial charge in [-0.25, -0.2) is 0 Å². The van der Waals surface area contributed by atoms with Crippen LogP contribution in [0.3, 0.4) is 0 Å². The molecule has 0 aliphatic heterocycles. The van der Waals surface area contributed by atoms with Crippen LogP contribution in [0.2, 0.25) is 0 Å². The molecule has 0 heterocycles. The van der Waals surface area contributed by atoms with Gasteiger partial charge in [0, 0.05) is 6.61 Å². The lowest BCUT2D eigenvalue weighted by Crippen LogP contribution is -2.01. The molecule has 0 bridgehead atoms. The second-order valence-corrected chi connectivity index (χ2v) is 7.88. The monoisotopic (exact) mass is 357 g/mol. The smallest absolute Gasteiger partial charge is 0.0433 e. The molecular weight excluding hydrogens is 306 g/mol. The van der Waals surface area contributed by atoms with Crippen LogP contribution in [0, 0.1) is 5.92 Å². The summed E-state index contributed by atoms with van der Waals surface area (Å²) in [5.74, 6) is 0.765. The Hall–Kier alpha value is -0.0800. The number of rotatable bonds is 20. The Labute approximate surface area is 160 Å². The highest BCUT2D eigenvalue weighted by Gasteiger charge is 2.04. The van der Waals surface area contributed by atoms with Crippen molar-refractivity contribution in [2.24, 2.45) is 5.92 Å². The maximum atomic E-state index is 9.00. The minimum absolute atomic E-state index is 0. The molecule has 25 heavy (non-hydrogen) atoms. The molecular formula is C23H51NO. The normalized spacial score (nSPS) is 12.1. The van der Waals surface area contributed by atoms with E-state index in [-0.39, 0.29) is 6.15 Å². The molecule has 154 valence electrons. The molecule has 0 aliphatic rings. The highest BCUT2D eigenvalue weighted by atomic mass is 16.3. The van der Waals surface area contributed by atoms with Crippen molar-refractivity contribution in [3.63, 3.8) is 0 Å². The van der Waals surface area contributed by atoms with E-state index in [1.165, 1.54) is 116 Å². The predicted molar refractivity (Wildman–Crippen MR) is 115 cm³/mol. The standard InChI is InChI=1S/C23H48O.H3N/c1-3-5-6-7-8-9-10-11-12-13-14-15-16-17-18-19-20-23(4-2)21-22-24;/h23-24H,3-22H2,1-2H3;1H3. The average Bonchev–Trinajstić information content (AvgIpc) is 2.60. The maximum Gasteiger partial charge on any atom is 0.0433 e. The molecule has 1 atom stereocenters. The van der Waals surface area contributed by atoms with Crippen molar-refractivity contribution < 1.29 is 5.11 Å². The molecule has 0 aliphatic carbocycles. The van der Waals surface area contributed by atoms with Gasteiger partial charge in [-0.1, -0.05) is 129 Å². The summed E-state index contributed by atoms with van der Waals surface area (Å²) in [6.07, 6.45) is 26.6. The molecule has 0 aromatic carbocycles. The molecule has 0 saturated carbocycles. The van der Waals surface area contributed by atoms with Crippen LogP contribution in [0.5, 0.6) is 0 Å². The van der Waals surface area contributed by atoms with Crippen LogP contribution in [0.4, 0.5) is 0 Å². The molecule has 0 amide bonds. The third-order valence-corrected chi connectivity index (χ3v) is 5.58. The van der Waals surface area contributed by atoms with Gasteiger partial charge in [-0.3, -0.25) is 0 Å². The summed E-state index contributed by atoms with van der Waals surface area (Å²) in [5.41, 5.74) is 0. The Morgan fingerprint density at radius 1 is 0.520 bits per heavy atom. The van der Waals surface area contributed by atoms with E-state index in [9.17, 15) is 0 Å². The second-order valence-electron chi connectivity index (χ2n) is 7.88. The van der Waals surface area contributed by atoms with E-state index in [4.69, 9.17) is 5.11 Å². The Balaban J connectivity index is 0. The van der Waals surface area contributed by atoms with Gasteiger partial charge < -0.3 is 11.3 Å². The van der Waals surface area contributed by atoms with E-state index in [2.05, 4.69) is 13.8 Å². The van der Waals surface area contributed by atoms with Gasteiger partial charge in [0.15, 0.2) is 0 Å². The lowest BCUT2D eigenvalue weighted by molar-refractivity contribution is 0.246. The van der Waals surface area contributed by atoms with E-state index in [0.29, 0.717) is 6.61 Å². The van der Waals surface area contributed by atoms with Gasteiger partial charge in [-0.15, -0.1) is 0 Å². The first-order valence-corrected chi connectivity index (χ1v) is 11.5. The molecule has 0 saturated heterocycles. The molecule has 2 heteroatoms. The van der Waals surface area contributed by atoms with Crippen LogP contribution in [-0.2, 0) is 0 Å². The van der Waals surface area contributed by atoms with Crippen molar-refractivity contribution in [1.29, 1.82) is 0 Å². The first-order chi connectivity index (χ1) is 11.8. The van der Waals surface area contributed by atoms with Crippen LogP contribution in [-0.4, -0.2) is 11.7 Å². The lowest BCUT2D eigenvalue weighted by atomic mass is 9.95. The Morgan fingerprint density at radius 2 is 0.880 bits per heavy atom. The Bertz CT molecular complexity index is 220. The molecule has 1 unspecified atom stereocenters. The van der Waals surface area contributed by atoms with Crippen molar-refractivity contribution >= 4 is 0 Å². The first kappa shape index (κ1) is 27.1. The fraction of sp³-hybridized carbons (Fsp3) is 1.00. The summed E-state index contributed by atoms with van der Waals surface area (Å²) < 4.78 is 0. The zero-order chi connectivity index (χ0) is 17.7.